The van der Waals surface area contributed by atoms with E-state index >= 15 is 0 Å². The van der Waals surface area contributed by atoms with Crippen molar-refractivity contribution in [1.29, 1.82) is 0 Å². The second-order valence-corrected chi connectivity index (χ2v) is 6.20. The van der Waals surface area contributed by atoms with Crippen LogP contribution in [0.3, 0.4) is 0 Å². The number of amides is 1. The molecule has 0 N–H and O–H groups in total. The Bertz CT molecular complexity index is 517. The monoisotopic (exact) mass is 304 g/mol. The van der Waals surface area contributed by atoms with Gasteiger partial charge in [-0.05, 0) is 31.7 Å². The van der Waals surface area contributed by atoms with Crippen molar-refractivity contribution in [2.45, 2.75) is 19.8 Å². The molecule has 120 valence electrons. The van der Waals surface area contributed by atoms with E-state index in [0.717, 1.165) is 52.4 Å². The van der Waals surface area contributed by atoms with Crippen molar-refractivity contribution in [2.75, 3.05) is 45.9 Å². The second-order valence-electron chi connectivity index (χ2n) is 6.20. The molecule has 0 bridgehead atoms. The van der Waals surface area contributed by atoms with Gasteiger partial charge in [-0.3, -0.25) is 9.69 Å². The minimum atomic E-state index is 0.0964. The summed E-state index contributed by atoms with van der Waals surface area (Å²) in [5.41, 5.74) is 1.39. The number of carbonyl (C=O) groups excluding carboxylic acids is 1. The molecule has 0 unspecified atom stereocenters. The molecule has 2 saturated heterocycles. The first-order valence-corrected chi connectivity index (χ1v) is 8.11. The maximum absolute atomic E-state index is 12.7. The Morgan fingerprint density at radius 3 is 2.95 bits per heavy atom. The summed E-state index contributed by atoms with van der Waals surface area (Å²) < 4.78 is 5.40. The van der Waals surface area contributed by atoms with Crippen molar-refractivity contribution >= 4 is 5.91 Å². The van der Waals surface area contributed by atoms with Crippen molar-refractivity contribution in [3.63, 3.8) is 0 Å². The fourth-order valence-corrected chi connectivity index (χ4v) is 3.35. The van der Waals surface area contributed by atoms with Crippen LogP contribution in [0.2, 0.25) is 0 Å². The lowest BCUT2D eigenvalue weighted by atomic mass is 9.96. The minimum Gasteiger partial charge on any atom is -0.379 e. The Morgan fingerprint density at radius 1 is 1.36 bits per heavy atom. The van der Waals surface area contributed by atoms with Crippen LogP contribution in [0.5, 0.6) is 0 Å². The summed E-state index contributed by atoms with van der Waals surface area (Å²) in [6, 6.07) is 1.77. The van der Waals surface area contributed by atoms with E-state index in [1.165, 1.54) is 6.42 Å². The fourth-order valence-electron chi connectivity index (χ4n) is 3.35. The highest BCUT2D eigenvalue weighted by Crippen LogP contribution is 2.20. The third-order valence-corrected chi connectivity index (χ3v) is 4.56. The number of rotatable bonds is 3. The number of aryl methyl sites for hydroxylation is 1. The molecule has 0 aromatic carbocycles. The average molecular weight is 304 g/mol. The first-order chi connectivity index (χ1) is 10.7. The Balaban J connectivity index is 1.60. The molecule has 3 heterocycles. The number of piperidine rings is 1. The Kier molecular flexibility index (Phi) is 5.00. The highest BCUT2D eigenvalue weighted by Gasteiger charge is 2.27. The van der Waals surface area contributed by atoms with E-state index in [9.17, 15) is 4.79 Å². The second kappa shape index (κ2) is 7.15. The van der Waals surface area contributed by atoms with Crippen molar-refractivity contribution in [3.8, 4) is 0 Å². The quantitative estimate of drug-likeness (QED) is 0.833. The van der Waals surface area contributed by atoms with Crippen LogP contribution in [-0.2, 0) is 4.74 Å². The molecule has 2 aliphatic rings. The van der Waals surface area contributed by atoms with Gasteiger partial charge in [0, 0.05) is 32.7 Å². The van der Waals surface area contributed by atoms with Gasteiger partial charge in [0.05, 0.1) is 30.7 Å². The van der Waals surface area contributed by atoms with Crippen LogP contribution in [0.15, 0.2) is 12.3 Å². The van der Waals surface area contributed by atoms with E-state index < -0.39 is 0 Å². The normalized spacial score (nSPS) is 23.5. The molecule has 1 aromatic heterocycles. The van der Waals surface area contributed by atoms with E-state index in [1.54, 1.807) is 12.3 Å². The predicted octanol–water partition coefficient (Wildman–Crippen LogP) is 0.969. The highest BCUT2D eigenvalue weighted by atomic mass is 16.5. The molecule has 0 radical (unpaired) electrons. The molecule has 0 saturated carbocycles. The molecule has 0 aliphatic carbocycles. The zero-order valence-corrected chi connectivity index (χ0v) is 13.2. The Hall–Kier alpha value is -1.53. The van der Waals surface area contributed by atoms with Crippen LogP contribution in [0.1, 0.15) is 28.9 Å². The van der Waals surface area contributed by atoms with Crippen molar-refractivity contribution < 1.29 is 9.53 Å². The van der Waals surface area contributed by atoms with Gasteiger partial charge in [-0.25, -0.2) is 0 Å². The van der Waals surface area contributed by atoms with Gasteiger partial charge in [-0.1, -0.05) is 0 Å². The molecule has 6 nitrogen and oxygen atoms in total. The number of likely N-dealkylation sites (tertiary alicyclic amines) is 1. The van der Waals surface area contributed by atoms with Crippen molar-refractivity contribution in [3.05, 3.63) is 23.5 Å². The summed E-state index contributed by atoms with van der Waals surface area (Å²) in [5.74, 6) is 0.657. The molecule has 2 aliphatic heterocycles. The largest absolute Gasteiger partial charge is 0.379 e. The van der Waals surface area contributed by atoms with E-state index in [-0.39, 0.29) is 5.91 Å². The van der Waals surface area contributed by atoms with Gasteiger partial charge in [0.15, 0.2) is 0 Å². The molecule has 1 aromatic rings. The Morgan fingerprint density at radius 2 is 2.18 bits per heavy atom. The topological polar surface area (TPSA) is 58.6 Å². The molecule has 1 amide bonds. The van der Waals surface area contributed by atoms with Crippen molar-refractivity contribution in [2.24, 2.45) is 5.92 Å². The Labute approximate surface area is 131 Å². The zero-order valence-electron chi connectivity index (χ0n) is 13.2. The first-order valence-electron chi connectivity index (χ1n) is 8.11. The number of carbonyl (C=O) groups is 1. The third-order valence-electron chi connectivity index (χ3n) is 4.56. The van der Waals surface area contributed by atoms with Crippen LogP contribution >= 0.6 is 0 Å². The standard InChI is InChI=1S/C16H24N4O2/c1-13-15(4-5-17-18-13)16(21)20-6-2-3-14(12-20)11-19-7-9-22-10-8-19/h4-5,14H,2-3,6-12H2,1H3/t14-/m1/s1. The molecule has 2 fully saturated rings. The van der Waals surface area contributed by atoms with Gasteiger partial charge in [-0.2, -0.15) is 10.2 Å². The van der Waals surface area contributed by atoms with Crippen LogP contribution in [0, 0.1) is 12.8 Å². The molecular formula is C16H24N4O2. The summed E-state index contributed by atoms with van der Waals surface area (Å²) in [6.45, 7) is 8.29. The van der Waals surface area contributed by atoms with Crippen molar-refractivity contribution in [1.82, 2.24) is 20.0 Å². The van der Waals surface area contributed by atoms with Gasteiger partial charge in [0.2, 0.25) is 0 Å². The van der Waals surface area contributed by atoms with Gasteiger partial charge in [0.25, 0.3) is 5.91 Å². The molecule has 0 spiro atoms. The van der Waals surface area contributed by atoms with Gasteiger partial charge >= 0.3 is 0 Å². The summed E-state index contributed by atoms with van der Waals surface area (Å²) in [4.78, 5) is 17.1. The van der Waals surface area contributed by atoms with Crippen LogP contribution in [0.4, 0.5) is 0 Å². The number of hydrogen-bond donors (Lipinski definition) is 0. The average Bonchev–Trinajstić information content (AvgIpc) is 2.56. The molecule has 22 heavy (non-hydrogen) atoms. The SMILES string of the molecule is Cc1nnccc1C(=O)N1CCC[C@H](CN2CCOCC2)C1. The number of morpholine rings is 1. The van der Waals surface area contributed by atoms with Crippen LogP contribution < -0.4 is 0 Å². The highest BCUT2D eigenvalue weighted by molar-refractivity contribution is 5.95. The minimum absolute atomic E-state index is 0.0964. The molecule has 6 heteroatoms. The number of ether oxygens (including phenoxy) is 1. The smallest absolute Gasteiger partial charge is 0.255 e. The van der Waals surface area contributed by atoms with Gasteiger partial charge < -0.3 is 9.64 Å². The third kappa shape index (κ3) is 3.62. The molecule has 1 atom stereocenters. The lowest BCUT2D eigenvalue weighted by Crippen LogP contribution is -2.46. The van der Waals surface area contributed by atoms with E-state index in [0.29, 0.717) is 17.2 Å². The van der Waals surface area contributed by atoms with Gasteiger partial charge in [-0.15, -0.1) is 0 Å². The summed E-state index contributed by atoms with van der Waals surface area (Å²) in [5, 5.41) is 7.81. The van der Waals surface area contributed by atoms with Crippen LogP contribution in [0.25, 0.3) is 0 Å². The number of nitrogens with zero attached hydrogens (tertiary/aromatic N) is 4. The van der Waals surface area contributed by atoms with E-state index in [1.807, 2.05) is 11.8 Å². The lowest BCUT2D eigenvalue weighted by Gasteiger charge is -2.36. The zero-order chi connectivity index (χ0) is 15.4. The van der Waals surface area contributed by atoms with Gasteiger partial charge in [0.1, 0.15) is 0 Å². The number of hydrogen-bond acceptors (Lipinski definition) is 5. The molecule has 3 rings (SSSR count). The maximum Gasteiger partial charge on any atom is 0.255 e. The number of aromatic nitrogens is 2. The summed E-state index contributed by atoms with van der Waals surface area (Å²) in [6.07, 6.45) is 3.88. The predicted molar refractivity (Wildman–Crippen MR) is 82.7 cm³/mol. The van der Waals surface area contributed by atoms with Crippen LogP contribution in [-0.4, -0.2) is 71.8 Å². The fraction of sp³-hybridized carbons (Fsp3) is 0.688. The summed E-state index contributed by atoms with van der Waals surface area (Å²) >= 11 is 0. The van der Waals surface area contributed by atoms with E-state index in [4.69, 9.17) is 4.74 Å². The summed E-state index contributed by atoms with van der Waals surface area (Å²) in [7, 11) is 0. The maximum atomic E-state index is 12.7. The molecular weight excluding hydrogens is 280 g/mol. The lowest BCUT2D eigenvalue weighted by molar-refractivity contribution is 0.0223. The first kappa shape index (κ1) is 15.4. The van der Waals surface area contributed by atoms with E-state index in [2.05, 4.69) is 15.1 Å².